The maximum absolute atomic E-state index is 4.13. The van der Waals surface area contributed by atoms with Gasteiger partial charge in [-0.25, -0.2) is 0 Å². The third kappa shape index (κ3) is 1.78. The van der Waals surface area contributed by atoms with Crippen LogP contribution in [-0.2, 0) is 6.42 Å². The number of hydrogen-bond acceptors (Lipinski definition) is 3. The Hall–Kier alpha value is -0.940. The highest BCUT2D eigenvalue weighted by Gasteiger charge is 2.04. The fourth-order valence-corrected chi connectivity index (χ4v) is 1.66. The van der Waals surface area contributed by atoms with Gasteiger partial charge in [0.25, 0.3) is 0 Å². The van der Waals surface area contributed by atoms with Crippen molar-refractivity contribution in [1.29, 1.82) is 0 Å². The van der Waals surface area contributed by atoms with Crippen molar-refractivity contribution >= 4 is 21.6 Å². The fraction of sp³-hybridized carbons (Fsp3) is 0.333. The zero-order chi connectivity index (χ0) is 9.97. The first-order valence-corrected chi connectivity index (χ1v) is 5.24. The molecule has 5 heteroatoms. The predicted molar refractivity (Wildman–Crippen MR) is 58.3 cm³/mol. The predicted octanol–water partition coefficient (Wildman–Crippen LogP) is 1.25. The Kier molecular flexibility index (Phi) is 2.79. The minimum atomic E-state index is 0.883. The van der Waals surface area contributed by atoms with Crippen LogP contribution >= 0.6 is 15.9 Å². The molecule has 0 aliphatic carbocycles. The Labute approximate surface area is 90.5 Å². The van der Waals surface area contributed by atoms with Gasteiger partial charge in [0.1, 0.15) is 5.82 Å². The van der Waals surface area contributed by atoms with E-state index in [0.29, 0.717) is 0 Å². The Bertz CT molecular complexity index is 437. The van der Waals surface area contributed by atoms with Crippen LogP contribution in [0.1, 0.15) is 5.82 Å². The average molecular weight is 255 g/mol. The molecular formula is C9H11BrN4. The lowest BCUT2D eigenvalue weighted by molar-refractivity contribution is 0.747. The maximum atomic E-state index is 4.13. The number of likely N-dealkylation sites (N-methyl/N-ethyl adjacent to an activating group) is 1. The standard InChI is InChI=1S/C9H11BrN4/c1-11-5-4-9-13-12-8-3-2-7(10)6-14(8)9/h2-3,6,11H,4-5H2,1H3. The number of hydrogen-bond donors (Lipinski definition) is 1. The highest BCUT2D eigenvalue weighted by Crippen LogP contribution is 2.12. The van der Waals surface area contributed by atoms with Crippen LogP contribution in [0, 0.1) is 0 Å². The zero-order valence-corrected chi connectivity index (χ0v) is 9.45. The summed E-state index contributed by atoms with van der Waals surface area (Å²) in [5.74, 6) is 0.982. The molecule has 14 heavy (non-hydrogen) atoms. The monoisotopic (exact) mass is 254 g/mol. The fourth-order valence-electron chi connectivity index (χ4n) is 1.32. The van der Waals surface area contributed by atoms with E-state index in [1.807, 2.05) is 29.8 Å². The van der Waals surface area contributed by atoms with Crippen molar-refractivity contribution < 1.29 is 0 Å². The lowest BCUT2D eigenvalue weighted by atomic mass is 10.4. The first kappa shape index (κ1) is 9.61. The van der Waals surface area contributed by atoms with Gasteiger partial charge < -0.3 is 5.32 Å². The van der Waals surface area contributed by atoms with Crippen molar-refractivity contribution in [2.75, 3.05) is 13.6 Å². The van der Waals surface area contributed by atoms with Gasteiger partial charge in [-0.3, -0.25) is 4.40 Å². The molecule has 0 spiro atoms. The van der Waals surface area contributed by atoms with E-state index in [9.17, 15) is 0 Å². The SMILES string of the molecule is CNCCc1nnc2ccc(Br)cn12. The Morgan fingerprint density at radius 1 is 1.43 bits per heavy atom. The summed E-state index contributed by atoms with van der Waals surface area (Å²) in [5.41, 5.74) is 0.888. The van der Waals surface area contributed by atoms with Crippen LogP contribution < -0.4 is 5.32 Å². The largest absolute Gasteiger partial charge is 0.319 e. The molecule has 0 aliphatic heterocycles. The van der Waals surface area contributed by atoms with Crippen LogP contribution in [0.3, 0.4) is 0 Å². The van der Waals surface area contributed by atoms with Gasteiger partial charge in [-0.05, 0) is 35.1 Å². The quantitative estimate of drug-likeness (QED) is 0.897. The number of rotatable bonds is 3. The molecule has 74 valence electrons. The van der Waals surface area contributed by atoms with Crippen molar-refractivity contribution in [3.63, 3.8) is 0 Å². The van der Waals surface area contributed by atoms with Crippen LogP contribution in [0.2, 0.25) is 0 Å². The van der Waals surface area contributed by atoms with Gasteiger partial charge in [-0.2, -0.15) is 0 Å². The lowest BCUT2D eigenvalue weighted by Gasteiger charge is -1.99. The van der Waals surface area contributed by atoms with E-state index in [-0.39, 0.29) is 0 Å². The van der Waals surface area contributed by atoms with Crippen LogP contribution in [-0.4, -0.2) is 28.2 Å². The smallest absolute Gasteiger partial charge is 0.160 e. The highest BCUT2D eigenvalue weighted by atomic mass is 79.9. The first-order chi connectivity index (χ1) is 6.81. The molecule has 0 aliphatic rings. The van der Waals surface area contributed by atoms with Crippen molar-refractivity contribution in [2.45, 2.75) is 6.42 Å². The molecule has 0 fully saturated rings. The second kappa shape index (κ2) is 4.06. The molecule has 0 bridgehead atoms. The molecule has 1 N–H and O–H groups in total. The second-order valence-electron chi connectivity index (χ2n) is 3.05. The van der Waals surface area contributed by atoms with Gasteiger partial charge in [0.2, 0.25) is 0 Å². The summed E-state index contributed by atoms with van der Waals surface area (Å²) in [6.07, 6.45) is 2.87. The number of pyridine rings is 1. The van der Waals surface area contributed by atoms with E-state index in [0.717, 1.165) is 28.9 Å². The summed E-state index contributed by atoms with van der Waals surface area (Å²) in [6, 6.07) is 3.91. The molecule has 2 aromatic rings. The second-order valence-corrected chi connectivity index (χ2v) is 3.96. The summed E-state index contributed by atoms with van der Waals surface area (Å²) in [6.45, 7) is 0.910. The van der Waals surface area contributed by atoms with Crippen molar-refractivity contribution in [3.8, 4) is 0 Å². The number of nitrogens with zero attached hydrogens (tertiary/aromatic N) is 3. The molecule has 2 aromatic heterocycles. The lowest BCUT2D eigenvalue weighted by Crippen LogP contribution is -2.12. The van der Waals surface area contributed by atoms with Gasteiger partial charge in [-0.1, -0.05) is 0 Å². The maximum Gasteiger partial charge on any atom is 0.160 e. The van der Waals surface area contributed by atoms with Crippen LogP contribution in [0.5, 0.6) is 0 Å². The molecular weight excluding hydrogens is 244 g/mol. The van der Waals surface area contributed by atoms with E-state index < -0.39 is 0 Å². The zero-order valence-electron chi connectivity index (χ0n) is 7.87. The average Bonchev–Trinajstić information content (AvgIpc) is 2.57. The molecule has 0 radical (unpaired) electrons. The minimum absolute atomic E-state index is 0.883. The molecule has 0 amide bonds. The number of aromatic nitrogens is 3. The third-order valence-corrected chi connectivity index (χ3v) is 2.50. The van der Waals surface area contributed by atoms with Crippen LogP contribution in [0.15, 0.2) is 22.8 Å². The molecule has 0 saturated carbocycles. The summed E-state index contributed by atoms with van der Waals surface area (Å²) in [4.78, 5) is 0. The van der Waals surface area contributed by atoms with Crippen LogP contribution in [0.25, 0.3) is 5.65 Å². The van der Waals surface area contributed by atoms with E-state index >= 15 is 0 Å². The molecule has 4 nitrogen and oxygen atoms in total. The minimum Gasteiger partial charge on any atom is -0.319 e. The van der Waals surface area contributed by atoms with E-state index in [2.05, 4.69) is 31.4 Å². The van der Waals surface area contributed by atoms with E-state index in [4.69, 9.17) is 0 Å². The van der Waals surface area contributed by atoms with Crippen LogP contribution in [0.4, 0.5) is 0 Å². The van der Waals surface area contributed by atoms with Gasteiger partial charge in [0.15, 0.2) is 5.65 Å². The summed E-state index contributed by atoms with van der Waals surface area (Å²) in [5, 5.41) is 11.3. The van der Waals surface area contributed by atoms with Gasteiger partial charge in [-0.15, -0.1) is 10.2 Å². The molecule has 0 saturated heterocycles. The third-order valence-electron chi connectivity index (χ3n) is 2.04. The molecule has 0 atom stereocenters. The highest BCUT2D eigenvalue weighted by molar-refractivity contribution is 9.10. The Balaban J connectivity index is 2.40. The van der Waals surface area contributed by atoms with E-state index in [1.165, 1.54) is 0 Å². The summed E-state index contributed by atoms with van der Waals surface area (Å²) >= 11 is 3.43. The first-order valence-electron chi connectivity index (χ1n) is 4.45. The molecule has 2 rings (SSSR count). The Morgan fingerprint density at radius 3 is 3.07 bits per heavy atom. The molecule has 2 heterocycles. The van der Waals surface area contributed by atoms with Crippen molar-refractivity contribution in [2.24, 2.45) is 0 Å². The number of halogens is 1. The summed E-state index contributed by atoms with van der Waals surface area (Å²) < 4.78 is 3.04. The molecule has 0 aromatic carbocycles. The van der Waals surface area contributed by atoms with Crippen molar-refractivity contribution in [3.05, 3.63) is 28.6 Å². The van der Waals surface area contributed by atoms with E-state index in [1.54, 1.807) is 0 Å². The number of fused-ring (bicyclic) bond motifs is 1. The van der Waals surface area contributed by atoms with Gasteiger partial charge in [0.05, 0.1) is 0 Å². The normalized spacial score (nSPS) is 11.0. The van der Waals surface area contributed by atoms with Gasteiger partial charge >= 0.3 is 0 Å². The summed E-state index contributed by atoms with van der Waals surface area (Å²) in [7, 11) is 1.93. The van der Waals surface area contributed by atoms with Crippen molar-refractivity contribution in [1.82, 2.24) is 19.9 Å². The topological polar surface area (TPSA) is 42.2 Å². The van der Waals surface area contributed by atoms with Gasteiger partial charge in [0, 0.05) is 23.6 Å². The Morgan fingerprint density at radius 2 is 2.29 bits per heavy atom. The number of nitrogens with one attached hydrogen (secondary N) is 1. The molecule has 0 unspecified atom stereocenters.